The highest BCUT2D eigenvalue weighted by Crippen LogP contribution is 2.16. The summed E-state index contributed by atoms with van der Waals surface area (Å²) in [5, 5.41) is 12.0. The molecule has 0 atom stereocenters. The molecule has 0 amide bonds. The number of hydrogen-bond donors (Lipinski definition) is 1. The monoisotopic (exact) mass is 413 g/mol. The van der Waals surface area contributed by atoms with Crippen LogP contribution in [-0.4, -0.2) is 26.1 Å². The smallest absolute Gasteiger partial charge is 0.123 e. The molecule has 0 aliphatic heterocycles. The first-order chi connectivity index (χ1) is 15.2. The first kappa shape index (κ1) is 20.6. The normalized spacial score (nSPS) is 10.6. The summed E-state index contributed by atoms with van der Waals surface area (Å²) in [4.78, 5) is 0. The van der Waals surface area contributed by atoms with Crippen LogP contribution in [0.15, 0.2) is 73.3 Å². The predicted molar refractivity (Wildman–Crippen MR) is 119 cm³/mol. The van der Waals surface area contributed by atoms with Crippen molar-refractivity contribution in [1.29, 1.82) is 0 Å². The Morgan fingerprint density at radius 2 is 1.90 bits per heavy atom. The van der Waals surface area contributed by atoms with Crippen LogP contribution in [0, 0.1) is 17.7 Å². The molecule has 0 bridgehead atoms. The summed E-state index contributed by atoms with van der Waals surface area (Å²) in [7, 11) is 1.94. The van der Waals surface area contributed by atoms with Crippen molar-refractivity contribution in [2.75, 3.05) is 6.54 Å². The molecular weight excluding hydrogens is 389 g/mol. The number of aryl methyl sites for hydroxylation is 2. The summed E-state index contributed by atoms with van der Waals surface area (Å²) < 4.78 is 16.8. The second-order valence-electron chi connectivity index (χ2n) is 7.36. The largest absolute Gasteiger partial charge is 0.313 e. The van der Waals surface area contributed by atoms with Crippen LogP contribution in [0.5, 0.6) is 0 Å². The summed E-state index contributed by atoms with van der Waals surface area (Å²) in [6.07, 6.45) is 9.67. The Morgan fingerprint density at radius 3 is 2.65 bits per heavy atom. The molecule has 0 aliphatic carbocycles. The fourth-order valence-corrected chi connectivity index (χ4v) is 3.33. The van der Waals surface area contributed by atoms with Crippen molar-refractivity contribution in [3.8, 4) is 17.5 Å². The van der Waals surface area contributed by atoms with Gasteiger partial charge in [0.05, 0.1) is 17.4 Å². The van der Waals surface area contributed by atoms with E-state index in [4.69, 9.17) is 0 Å². The van der Waals surface area contributed by atoms with E-state index in [1.165, 1.54) is 17.7 Å². The van der Waals surface area contributed by atoms with Gasteiger partial charge >= 0.3 is 0 Å². The lowest BCUT2D eigenvalue weighted by Gasteiger charge is -2.09. The number of rotatable bonds is 7. The number of nitrogens with one attached hydrogen (secondary N) is 1. The lowest BCUT2D eigenvalue weighted by atomic mass is 10.1. The molecule has 4 aromatic rings. The molecule has 6 heteroatoms. The highest BCUT2D eigenvalue weighted by molar-refractivity contribution is 5.54. The highest BCUT2D eigenvalue weighted by Gasteiger charge is 2.05. The van der Waals surface area contributed by atoms with E-state index in [9.17, 15) is 4.39 Å². The van der Waals surface area contributed by atoms with E-state index in [-0.39, 0.29) is 5.82 Å². The van der Waals surface area contributed by atoms with Gasteiger partial charge in [-0.1, -0.05) is 17.9 Å². The molecule has 2 aromatic carbocycles. The molecule has 0 fully saturated rings. The molecule has 4 rings (SSSR count). The van der Waals surface area contributed by atoms with Gasteiger partial charge in [0.2, 0.25) is 0 Å². The molecule has 0 saturated heterocycles. The van der Waals surface area contributed by atoms with Gasteiger partial charge in [0.1, 0.15) is 5.82 Å². The third-order valence-corrected chi connectivity index (χ3v) is 4.90. The molecule has 156 valence electrons. The summed E-state index contributed by atoms with van der Waals surface area (Å²) >= 11 is 0. The molecule has 5 nitrogen and oxygen atoms in total. The van der Waals surface area contributed by atoms with Crippen LogP contribution in [-0.2, 0) is 20.0 Å². The Morgan fingerprint density at radius 1 is 1.03 bits per heavy atom. The van der Waals surface area contributed by atoms with Crippen molar-refractivity contribution in [3.05, 3.63) is 101 Å². The maximum Gasteiger partial charge on any atom is 0.123 e. The summed E-state index contributed by atoms with van der Waals surface area (Å²) in [6.45, 7) is 1.68. The Labute approximate surface area is 181 Å². The van der Waals surface area contributed by atoms with Crippen LogP contribution in [0.4, 0.5) is 4.39 Å². The predicted octanol–water partition coefficient (Wildman–Crippen LogP) is 3.87. The van der Waals surface area contributed by atoms with Crippen LogP contribution in [0.2, 0.25) is 0 Å². The zero-order chi connectivity index (χ0) is 21.5. The Balaban J connectivity index is 1.44. The summed E-state index contributed by atoms with van der Waals surface area (Å²) in [5.74, 6) is 6.10. The topological polar surface area (TPSA) is 47.7 Å². The van der Waals surface area contributed by atoms with E-state index in [1.54, 1.807) is 23.0 Å². The van der Waals surface area contributed by atoms with Crippen LogP contribution in [0.3, 0.4) is 0 Å². The number of aromatic nitrogens is 4. The van der Waals surface area contributed by atoms with Gasteiger partial charge in [0.25, 0.3) is 0 Å². The van der Waals surface area contributed by atoms with Crippen LogP contribution >= 0.6 is 0 Å². The molecule has 1 N–H and O–H groups in total. The van der Waals surface area contributed by atoms with Crippen LogP contribution in [0.25, 0.3) is 5.69 Å². The fourth-order valence-electron chi connectivity index (χ4n) is 3.33. The van der Waals surface area contributed by atoms with E-state index in [0.29, 0.717) is 0 Å². The van der Waals surface area contributed by atoms with E-state index in [2.05, 4.69) is 45.7 Å². The van der Waals surface area contributed by atoms with Crippen LogP contribution in [0.1, 0.15) is 28.7 Å². The van der Waals surface area contributed by atoms with E-state index < -0.39 is 0 Å². The minimum Gasteiger partial charge on any atom is -0.313 e. The van der Waals surface area contributed by atoms with Gasteiger partial charge in [-0.25, -0.2) is 9.07 Å². The average molecular weight is 414 g/mol. The summed E-state index contributed by atoms with van der Waals surface area (Å²) in [5.41, 5.74) is 4.97. The second kappa shape index (κ2) is 9.88. The van der Waals surface area contributed by atoms with Gasteiger partial charge in [-0.15, -0.1) is 0 Å². The van der Waals surface area contributed by atoms with E-state index in [0.717, 1.165) is 48.3 Å². The number of nitrogens with zero attached hydrogens (tertiary/aromatic N) is 4. The lowest BCUT2D eigenvalue weighted by molar-refractivity contribution is 0.627. The van der Waals surface area contributed by atoms with Gasteiger partial charge in [-0.3, -0.25) is 4.68 Å². The first-order valence-electron chi connectivity index (χ1n) is 10.3. The Kier molecular flexibility index (Phi) is 6.56. The molecule has 0 aliphatic rings. The van der Waals surface area contributed by atoms with Gasteiger partial charge < -0.3 is 5.32 Å². The Hall–Kier alpha value is -3.69. The van der Waals surface area contributed by atoms with Gasteiger partial charge in [-0.05, 0) is 73.0 Å². The van der Waals surface area contributed by atoms with Crippen molar-refractivity contribution < 1.29 is 4.39 Å². The number of hydrogen-bond acceptors (Lipinski definition) is 3. The molecule has 2 aromatic heterocycles. The maximum atomic E-state index is 13.2. The molecule has 0 radical (unpaired) electrons. The zero-order valence-corrected chi connectivity index (χ0v) is 17.4. The van der Waals surface area contributed by atoms with Crippen molar-refractivity contribution in [3.63, 3.8) is 0 Å². The third-order valence-electron chi connectivity index (χ3n) is 4.90. The average Bonchev–Trinajstić information content (AvgIpc) is 3.45. The van der Waals surface area contributed by atoms with Crippen molar-refractivity contribution in [2.45, 2.75) is 19.4 Å². The lowest BCUT2D eigenvalue weighted by Crippen LogP contribution is -2.15. The molecule has 0 spiro atoms. The molecule has 0 saturated carbocycles. The minimum atomic E-state index is -0.264. The maximum absolute atomic E-state index is 13.2. The highest BCUT2D eigenvalue weighted by atomic mass is 19.1. The van der Waals surface area contributed by atoms with Crippen molar-refractivity contribution in [2.24, 2.45) is 7.05 Å². The minimum absolute atomic E-state index is 0.264. The van der Waals surface area contributed by atoms with Crippen molar-refractivity contribution in [1.82, 2.24) is 24.9 Å². The first-order valence-corrected chi connectivity index (χ1v) is 10.3. The van der Waals surface area contributed by atoms with Crippen LogP contribution < -0.4 is 5.32 Å². The second-order valence-corrected chi connectivity index (χ2v) is 7.36. The van der Waals surface area contributed by atoms with Crippen molar-refractivity contribution >= 4 is 0 Å². The summed E-state index contributed by atoms with van der Waals surface area (Å²) in [6, 6.07) is 14.3. The Bertz CT molecular complexity index is 1180. The standard InChI is InChI=1S/C25H24FN5/c1-30-19-22(18-29-30)4-2-13-27-17-21-8-12-25(31-15-3-14-28-31)23(16-21)9-5-20-6-10-24(26)11-7-20/h3,6-8,10-12,14-16,18-19,27H,2,4,13,17H2,1H3. The van der Waals surface area contributed by atoms with Gasteiger partial charge in [-0.2, -0.15) is 10.2 Å². The molecule has 31 heavy (non-hydrogen) atoms. The fraction of sp³-hybridized carbons (Fsp3) is 0.200. The molecule has 2 heterocycles. The molecular formula is C25H24FN5. The SMILES string of the molecule is Cn1cc(CCCNCc2ccc(-n3cccn3)c(C#Cc3ccc(F)cc3)c2)cn1. The molecule has 0 unspecified atom stereocenters. The van der Waals surface area contributed by atoms with E-state index in [1.807, 2.05) is 36.3 Å². The van der Waals surface area contributed by atoms with Gasteiger partial charge in [0.15, 0.2) is 0 Å². The quantitative estimate of drug-likeness (QED) is 0.370. The van der Waals surface area contributed by atoms with E-state index >= 15 is 0 Å². The number of halogens is 1. The third kappa shape index (κ3) is 5.68. The van der Waals surface area contributed by atoms with Gasteiger partial charge in [0, 0.05) is 37.7 Å². The number of benzene rings is 2. The zero-order valence-electron chi connectivity index (χ0n) is 17.4.